The second kappa shape index (κ2) is 6.15. The number of primary amides is 1. The van der Waals surface area contributed by atoms with Crippen LogP contribution in [0.15, 0.2) is 0 Å². The fourth-order valence-corrected chi connectivity index (χ4v) is 2.36. The van der Waals surface area contributed by atoms with Crippen LogP contribution in [0.25, 0.3) is 0 Å². The minimum atomic E-state index is -0.662. The zero-order chi connectivity index (χ0) is 13.0. The number of morpholine rings is 1. The van der Waals surface area contributed by atoms with Crippen LogP contribution in [0.1, 0.15) is 25.7 Å². The molecule has 0 spiro atoms. The molecule has 2 heterocycles. The van der Waals surface area contributed by atoms with Gasteiger partial charge in [0.15, 0.2) is 6.10 Å². The topological polar surface area (TPSA) is 81.9 Å². The van der Waals surface area contributed by atoms with E-state index in [0.29, 0.717) is 19.6 Å². The number of hydrogen-bond donors (Lipinski definition) is 1. The van der Waals surface area contributed by atoms with Gasteiger partial charge >= 0.3 is 0 Å². The Morgan fingerprint density at radius 3 is 2.78 bits per heavy atom. The molecule has 6 nitrogen and oxygen atoms in total. The first-order chi connectivity index (χ1) is 8.66. The van der Waals surface area contributed by atoms with E-state index in [2.05, 4.69) is 0 Å². The number of hydrogen-bond acceptors (Lipinski definition) is 4. The molecule has 2 unspecified atom stereocenters. The van der Waals surface area contributed by atoms with Crippen LogP contribution in [0, 0.1) is 0 Å². The zero-order valence-corrected chi connectivity index (χ0v) is 10.5. The van der Waals surface area contributed by atoms with E-state index < -0.39 is 12.0 Å². The summed E-state index contributed by atoms with van der Waals surface area (Å²) in [5, 5.41) is 0. The molecule has 2 aliphatic rings. The summed E-state index contributed by atoms with van der Waals surface area (Å²) in [6, 6.07) is 0. The molecule has 2 amide bonds. The van der Waals surface area contributed by atoms with E-state index in [9.17, 15) is 9.59 Å². The Labute approximate surface area is 106 Å². The van der Waals surface area contributed by atoms with Crippen molar-refractivity contribution in [3.63, 3.8) is 0 Å². The fraction of sp³-hybridized carbons (Fsp3) is 0.833. The normalized spacial score (nSPS) is 28.3. The largest absolute Gasteiger partial charge is 0.378 e. The number of ether oxygens (including phenoxy) is 2. The molecule has 2 atom stereocenters. The SMILES string of the molecule is NC(=O)C1CN(C(=O)CCC2CCCO2)CCO1. The number of rotatable bonds is 4. The molecule has 0 aromatic carbocycles. The Balaban J connectivity index is 1.75. The van der Waals surface area contributed by atoms with E-state index in [1.807, 2.05) is 0 Å². The van der Waals surface area contributed by atoms with Gasteiger partial charge in [-0.2, -0.15) is 0 Å². The summed E-state index contributed by atoms with van der Waals surface area (Å²) in [7, 11) is 0. The lowest BCUT2D eigenvalue weighted by molar-refractivity contribution is -0.145. The molecular weight excluding hydrogens is 236 g/mol. The predicted molar refractivity (Wildman–Crippen MR) is 63.7 cm³/mol. The summed E-state index contributed by atoms with van der Waals surface area (Å²) in [5.41, 5.74) is 5.18. The molecule has 0 aromatic rings. The third-order valence-electron chi connectivity index (χ3n) is 3.44. The van der Waals surface area contributed by atoms with Crippen molar-refractivity contribution in [1.29, 1.82) is 0 Å². The van der Waals surface area contributed by atoms with Crippen LogP contribution in [0.5, 0.6) is 0 Å². The van der Waals surface area contributed by atoms with Gasteiger partial charge in [-0.15, -0.1) is 0 Å². The summed E-state index contributed by atoms with van der Waals surface area (Å²) in [4.78, 5) is 24.7. The van der Waals surface area contributed by atoms with Crippen LogP contribution in [0.2, 0.25) is 0 Å². The van der Waals surface area contributed by atoms with Gasteiger partial charge in [-0.3, -0.25) is 9.59 Å². The number of nitrogens with two attached hydrogens (primary N) is 1. The van der Waals surface area contributed by atoms with Crippen molar-refractivity contribution >= 4 is 11.8 Å². The molecule has 18 heavy (non-hydrogen) atoms. The quantitative estimate of drug-likeness (QED) is 0.746. The minimum Gasteiger partial charge on any atom is -0.378 e. The van der Waals surface area contributed by atoms with Crippen molar-refractivity contribution < 1.29 is 19.1 Å². The molecule has 2 saturated heterocycles. The maximum atomic E-state index is 12.0. The lowest BCUT2D eigenvalue weighted by Crippen LogP contribution is -2.50. The summed E-state index contributed by atoms with van der Waals surface area (Å²) in [6.07, 6.45) is 2.92. The van der Waals surface area contributed by atoms with E-state index in [4.69, 9.17) is 15.2 Å². The average molecular weight is 256 g/mol. The van der Waals surface area contributed by atoms with Gasteiger partial charge in [0.2, 0.25) is 11.8 Å². The monoisotopic (exact) mass is 256 g/mol. The average Bonchev–Trinajstić information content (AvgIpc) is 2.89. The van der Waals surface area contributed by atoms with Crippen LogP contribution in [0.3, 0.4) is 0 Å². The summed E-state index contributed by atoms with van der Waals surface area (Å²) >= 11 is 0. The molecule has 2 rings (SSSR count). The maximum absolute atomic E-state index is 12.0. The number of carbonyl (C=O) groups is 2. The van der Waals surface area contributed by atoms with E-state index in [-0.39, 0.29) is 18.6 Å². The highest BCUT2D eigenvalue weighted by atomic mass is 16.5. The fourth-order valence-electron chi connectivity index (χ4n) is 2.36. The standard InChI is InChI=1S/C12H20N2O4/c13-12(16)10-8-14(5-7-18-10)11(15)4-3-9-2-1-6-17-9/h9-10H,1-8H2,(H2,13,16). The van der Waals surface area contributed by atoms with Crippen molar-refractivity contribution in [2.45, 2.75) is 37.9 Å². The molecule has 0 saturated carbocycles. The van der Waals surface area contributed by atoms with Crippen LogP contribution in [0.4, 0.5) is 0 Å². The van der Waals surface area contributed by atoms with Crippen molar-refractivity contribution in [2.24, 2.45) is 5.73 Å². The lowest BCUT2D eigenvalue weighted by atomic mass is 10.1. The van der Waals surface area contributed by atoms with E-state index in [0.717, 1.165) is 25.9 Å². The molecule has 2 aliphatic heterocycles. The number of nitrogens with zero attached hydrogens (tertiary/aromatic N) is 1. The van der Waals surface area contributed by atoms with Crippen molar-refractivity contribution in [3.05, 3.63) is 0 Å². The lowest BCUT2D eigenvalue weighted by Gasteiger charge is -2.31. The second-order valence-corrected chi connectivity index (χ2v) is 4.78. The second-order valence-electron chi connectivity index (χ2n) is 4.78. The summed E-state index contributed by atoms with van der Waals surface area (Å²) in [5.74, 6) is -0.452. The van der Waals surface area contributed by atoms with Crippen molar-refractivity contribution in [2.75, 3.05) is 26.3 Å². The number of amides is 2. The van der Waals surface area contributed by atoms with Crippen LogP contribution < -0.4 is 5.73 Å². The van der Waals surface area contributed by atoms with Gasteiger partial charge in [-0.25, -0.2) is 0 Å². The molecule has 0 aliphatic carbocycles. The highest BCUT2D eigenvalue weighted by molar-refractivity contribution is 5.81. The smallest absolute Gasteiger partial charge is 0.248 e. The van der Waals surface area contributed by atoms with Gasteiger partial charge in [-0.1, -0.05) is 0 Å². The molecule has 2 N–H and O–H groups in total. The van der Waals surface area contributed by atoms with E-state index in [1.54, 1.807) is 4.90 Å². The van der Waals surface area contributed by atoms with Crippen molar-refractivity contribution in [3.8, 4) is 0 Å². The molecule has 0 aromatic heterocycles. The van der Waals surface area contributed by atoms with E-state index >= 15 is 0 Å². The first kappa shape index (κ1) is 13.3. The molecule has 102 valence electrons. The zero-order valence-electron chi connectivity index (χ0n) is 10.5. The van der Waals surface area contributed by atoms with E-state index in [1.165, 1.54) is 0 Å². The summed E-state index contributed by atoms with van der Waals surface area (Å²) in [6.45, 7) is 1.99. The predicted octanol–water partition coefficient (Wildman–Crippen LogP) is -0.342. The Morgan fingerprint density at radius 2 is 2.11 bits per heavy atom. The maximum Gasteiger partial charge on any atom is 0.248 e. The first-order valence-corrected chi connectivity index (χ1v) is 6.47. The van der Waals surface area contributed by atoms with Gasteiger partial charge in [0.1, 0.15) is 0 Å². The molecule has 0 bridgehead atoms. The van der Waals surface area contributed by atoms with Crippen LogP contribution in [-0.2, 0) is 19.1 Å². The van der Waals surface area contributed by atoms with Gasteiger partial charge < -0.3 is 20.1 Å². The van der Waals surface area contributed by atoms with Gasteiger partial charge in [-0.05, 0) is 19.3 Å². The van der Waals surface area contributed by atoms with Crippen LogP contribution >= 0.6 is 0 Å². The molecule has 0 radical (unpaired) electrons. The first-order valence-electron chi connectivity index (χ1n) is 6.47. The molecule has 6 heteroatoms. The van der Waals surface area contributed by atoms with Gasteiger partial charge in [0, 0.05) is 19.6 Å². The Kier molecular flexibility index (Phi) is 4.54. The highest BCUT2D eigenvalue weighted by Crippen LogP contribution is 2.18. The minimum absolute atomic E-state index is 0.0556. The Hall–Kier alpha value is -1.14. The highest BCUT2D eigenvalue weighted by Gasteiger charge is 2.28. The Bertz CT molecular complexity index is 315. The Morgan fingerprint density at radius 1 is 1.28 bits per heavy atom. The van der Waals surface area contributed by atoms with Crippen molar-refractivity contribution in [1.82, 2.24) is 4.90 Å². The summed E-state index contributed by atoms with van der Waals surface area (Å²) < 4.78 is 10.7. The number of carbonyl (C=O) groups excluding carboxylic acids is 2. The molecular formula is C12H20N2O4. The van der Waals surface area contributed by atoms with Gasteiger partial charge in [0.25, 0.3) is 0 Å². The van der Waals surface area contributed by atoms with Crippen LogP contribution in [-0.4, -0.2) is 55.2 Å². The molecule has 2 fully saturated rings. The van der Waals surface area contributed by atoms with Gasteiger partial charge in [0.05, 0.1) is 19.3 Å². The third-order valence-corrected chi connectivity index (χ3v) is 3.44. The third kappa shape index (κ3) is 3.43.